The molecule has 47 heavy (non-hydrogen) atoms. The molecule has 4 N–H and O–H groups in total. The highest BCUT2D eigenvalue weighted by molar-refractivity contribution is 5.70. The highest BCUT2D eigenvalue weighted by Crippen LogP contribution is 2.35. The van der Waals surface area contributed by atoms with Crippen molar-refractivity contribution in [2.45, 2.75) is 44.8 Å². The van der Waals surface area contributed by atoms with Gasteiger partial charge in [-0.05, 0) is 87.8 Å². The standard InChI is InChI=1S/C19H25N3O2.C18H23N3O2/c1-3-22-11-9-14(10-12-22)24-15-7-8-16(18(13-15)23-2)17-5-4-6-19(20)21-17;1-21-10-8-13(9-11-21)23-14-6-7-15(17(12-14)22-2)16-4-3-5-18(19)20-16/h4-8,13-14H,3,9-12H2,1-2H3,(H2,20,21);3-7,12-13H,8-11H2,1-2H3,(H2,19,20). The van der Waals surface area contributed by atoms with Crippen LogP contribution in [0, 0.1) is 0 Å². The average Bonchev–Trinajstić information content (AvgIpc) is 3.10. The van der Waals surface area contributed by atoms with Gasteiger partial charge < -0.3 is 40.2 Å². The van der Waals surface area contributed by atoms with E-state index in [9.17, 15) is 0 Å². The maximum Gasteiger partial charge on any atom is 0.131 e. The molecular weight excluding hydrogens is 592 g/mol. The fourth-order valence-corrected chi connectivity index (χ4v) is 5.95. The Morgan fingerprint density at radius 3 is 1.51 bits per heavy atom. The molecule has 0 saturated carbocycles. The molecular formula is C37H48N6O4. The molecule has 6 rings (SSSR count). The van der Waals surface area contributed by atoms with Crippen molar-refractivity contribution in [2.75, 3.05) is 65.5 Å². The molecule has 4 aromatic rings. The van der Waals surface area contributed by atoms with Crippen molar-refractivity contribution in [1.82, 2.24) is 19.8 Å². The summed E-state index contributed by atoms with van der Waals surface area (Å²) in [5.74, 6) is 4.16. The lowest BCUT2D eigenvalue weighted by Gasteiger charge is -2.31. The number of benzene rings is 2. The van der Waals surface area contributed by atoms with E-state index in [1.54, 1.807) is 26.4 Å². The summed E-state index contributed by atoms with van der Waals surface area (Å²) in [5.41, 5.74) is 15.0. The lowest BCUT2D eigenvalue weighted by molar-refractivity contribution is 0.103. The largest absolute Gasteiger partial charge is 0.496 e. The van der Waals surface area contributed by atoms with Crippen LogP contribution in [0.15, 0.2) is 72.8 Å². The number of pyridine rings is 2. The minimum absolute atomic E-state index is 0.271. The number of anilines is 2. The number of piperidine rings is 2. The number of aromatic nitrogens is 2. The van der Waals surface area contributed by atoms with Gasteiger partial charge in [-0.3, -0.25) is 0 Å². The Bertz CT molecular complexity index is 1590. The van der Waals surface area contributed by atoms with Gasteiger partial charge in [-0.2, -0.15) is 0 Å². The number of hydrogen-bond donors (Lipinski definition) is 2. The van der Waals surface area contributed by atoms with Gasteiger partial charge >= 0.3 is 0 Å². The minimum Gasteiger partial charge on any atom is -0.496 e. The first-order valence-electron chi connectivity index (χ1n) is 16.4. The third-order valence-corrected chi connectivity index (χ3v) is 8.69. The zero-order valence-electron chi connectivity index (χ0n) is 28.0. The predicted molar refractivity (Wildman–Crippen MR) is 188 cm³/mol. The molecule has 2 aromatic carbocycles. The molecule has 2 aromatic heterocycles. The summed E-state index contributed by atoms with van der Waals surface area (Å²) >= 11 is 0. The molecule has 0 radical (unpaired) electrons. The van der Waals surface area contributed by atoms with Crippen LogP contribution < -0.4 is 30.4 Å². The summed E-state index contributed by atoms with van der Waals surface area (Å²) in [6.45, 7) is 7.67. The Kier molecular flexibility index (Phi) is 11.8. The maximum absolute atomic E-state index is 6.15. The molecule has 2 saturated heterocycles. The normalized spacial score (nSPS) is 16.2. The molecule has 250 valence electrons. The van der Waals surface area contributed by atoms with Crippen molar-refractivity contribution in [3.63, 3.8) is 0 Å². The highest BCUT2D eigenvalue weighted by atomic mass is 16.5. The van der Waals surface area contributed by atoms with Crippen molar-refractivity contribution in [1.29, 1.82) is 0 Å². The fraction of sp³-hybridized carbons (Fsp3) is 0.405. The predicted octanol–water partition coefficient (Wildman–Crippen LogP) is 6.01. The van der Waals surface area contributed by atoms with Gasteiger partial charge in [0.05, 0.1) is 25.6 Å². The number of rotatable bonds is 9. The van der Waals surface area contributed by atoms with E-state index >= 15 is 0 Å². The van der Waals surface area contributed by atoms with Gasteiger partial charge in [0, 0.05) is 49.4 Å². The molecule has 2 aliphatic rings. The summed E-state index contributed by atoms with van der Waals surface area (Å²) < 4.78 is 23.3. The summed E-state index contributed by atoms with van der Waals surface area (Å²) in [6, 6.07) is 23.0. The average molecular weight is 641 g/mol. The molecule has 0 atom stereocenters. The molecule has 0 bridgehead atoms. The molecule has 0 amide bonds. The van der Waals surface area contributed by atoms with Crippen LogP contribution in [0.3, 0.4) is 0 Å². The Hall–Kier alpha value is -4.54. The first-order valence-corrected chi connectivity index (χ1v) is 16.4. The molecule has 10 heteroatoms. The van der Waals surface area contributed by atoms with E-state index in [0.717, 1.165) is 104 Å². The highest BCUT2D eigenvalue weighted by Gasteiger charge is 2.21. The minimum atomic E-state index is 0.271. The molecule has 0 spiro atoms. The van der Waals surface area contributed by atoms with Crippen LogP contribution in [0.2, 0.25) is 0 Å². The first kappa shape index (κ1) is 33.8. The van der Waals surface area contributed by atoms with Crippen LogP contribution in [0.25, 0.3) is 22.5 Å². The number of likely N-dealkylation sites (tertiary alicyclic amines) is 2. The van der Waals surface area contributed by atoms with Crippen LogP contribution in [0.5, 0.6) is 23.0 Å². The summed E-state index contributed by atoms with van der Waals surface area (Å²) in [7, 11) is 5.46. The summed E-state index contributed by atoms with van der Waals surface area (Å²) in [4.78, 5) is 13.5. The van der Waals surface area contributed by atoms with Crippen LogP contribution in [-0.4, -0.2) is 86.0 Å². The maximum atomic E-state index is 6.15. The Balaban J connectivity index is 0.000000185. The summed E-state index contributed by atoms with van der Waals surface area (Å²) in [6.07, 6.45) is 4.78. The second-order valence-electron chi connectivity index (χ2n) is 12.0. The van der Waals surface area contributed by atoms with Crippen LogP contribution >= 0.6 is 0 Å². The third-order valence-electron chi connectivity index (χ3n) is 8.69. The third kappa shape index (κ3) is 9.27. The van der Waals surface area contributed by atoms with Crippen molar-refractivity contribution in [2.24, 2.45) is 0 Å². The second kappa shape index (κ2) is 16.3. The van der Waals surface area contributed by atoms with Crippen LogP contribution in [0.4, 0.5) is 11.6 Å². The van der Waals surface area contributed by atoms with Crippen molar-refractivity contribution >= 4 is 11.6 Å². The van der Waals surface area contributed by atoms with E-state index in [-0.39, 0.29) is 12.2 Å². The van der Waals surface area contributed by atoms with Gasteiger partial charge in [0.1, 0.15) is 46.8 Å². The van der Waals surface area contributed by atoms with E-state index in [0.29, 0.717) is 11.6 Å². The number of nitrogens with two attached hydrogens (primary N) is 2. The van der Waals surface area contributed by atoms with Crippen molar-refractivity contribution in [3.8, 4) is 45.5 Å². The number of nitrogen functional groups attached to an aromatic ring is 2. The smallest absolute Gasteiger partial charge is 0.131 e. The Labute approximate surface area is 278 Å². The van der Waals surface area contributed by atoms with Gasteiger partial charge in [-0.25, -0.2) is 9.97 Å². The molecule has 2 fully saturated rings. The number of methoxy groups -OCH3 is 2. The van der Waals surface area contributed by atoms with E-state index in [1.807, 2.05) is 60.7 Å². The fourth-order valence-electron chi connectivity index (χ4n) is 5.95. The van der Waals surface area contributed by atoms with Crippen LogP contribution in [-0.2, 0) is 0 Å². The molecule has 10 nitrogen and oxygen atoms in total. The van der Waals surface area contributed by atoms with E-state index < -0.39 is 0 Å². The summed E-state index contributed by atoms with van der Waals surface area (Å²) in [5, 5.41) is 0. The van der Waals surface area contributed by atoms with Gasteiger partial charge in [0.15, 0.2) is 0 Å². The zero-order chi connectivity index (χ0) is 33.2. The van der Waals surface area contributed by atoms with Gasteiger partial charge in [0.2, 0.25) is 0 Å². The number of hydrogen-bond acceptors (Lipinski definition) is 10. The van der Waals surface area contributed by atoms with E-state index in [1.165, 1.54) is 0 Å². The van der Waals surface area contributed by atoms with Gasteiger partial charge in [0.25, 0.3) is 0 Å². The number of ether oxygens (including phenoxy) is 4. The SMILES string of the molecule is CCN1CCC(Oc2ccc(-c3cccc(N)n3)c(OC)c2)CC1.COc1cc(OC2CCN(C)CC2)ccc1-c1cccc(N)n1. The molecule has 0 aliphatic carbocycles. The first-order chi connectivity index (χ1) is 22.8. The van der Waals surface area contributed by atoms with E-state index in [2.05, 4.69) is 33.7 Å². The van der Waals surface area contributed by atoms with Crippen LogP contribution in [0.1, 0.15) is 32.6 Å². The van der Waals surface area contributed by atoms with E-state index in [4.69, 9.17) is 30.4 Å². The van der Waals surface area contributed by atoms with Gasteiger partial charge in [-0.15, -0.1) is 0 Å². The molecule has 2 aliphatic heterocycles. The lowest BCUT2D eigenvalue weighted by atomic mass is 10.1. The Morgan fingerprint density at radius 1 is 0.660 bits per heavy atom. The quantitative estimate of drug-likeness (QED) is 0.225. The second-order valence-corrected chi connectivity index (χ2v) is 12.0. The van der Waals surface area contributed by atoms with Crippen molar-refractivity contribution in [3.05, 3.63) is 72.8 Å². The Morgan fingerprint density at radius 2 is 1.11 bits per heavy atom. The topological polar surface area (TPSA) is 121 Å². The molecule has 4 heterocycles. The monoisotopic (exact) mass is 640 g/mol. The van der Waals surface area contributed by atoms with Crippen molar-refractivity contribution < 1.29 is 18.9 Å². The molecule has 0 unspecified atom stereocenters. The zero-order valence-corrected chi connectivity index (χ0v) is 28.0. The van der Waals surface area contributed by atoms with Gasteiger partial charge in [-0.1, -0.05) is 19.1 Å². The lowest BCUT2D eigenvalue weighted by Crippen LogP contribution is -2.37. The number of nitrogens with zero attached hydrogens (tertiary/aromatic N) is 4.